The largest absolute Gasteiger partial charge is 0.534 e. The molecule has 1 unspecified atom stereocenters. The molecule has 0 N–H and O–H groups in total. The minimum atomic E-state index is -5.74. The Balaban J connectivity index is 2.13. The molecule has 12 heteroatoms. The highest BCUT2D eigenvalue weighted by Crippen LogP contribution is 2.39. The Kier molecular flexibility index (Phi) is 6.17. The van der Waals surface area contributed by atoms with Crippen LogP contribution in [-0.4, -0.2) is 38.1 Å². The molecular formula is C14H16F3NO6S2. The van der Waals surface area contributed by atoms with Crippen molar-refractivity contribution in [3.63, 3.8) is 0 Å². The first-order valence-corrected chi connectivity index (χ1v) is 9.78. The first kappa shape index (κ1) is 20.5. The van der Waals surface area contributed by atoms with Crippen LogP contribution >= 0.6 is 11.3 Å². The fourth-order valence-electron chi connectivity index (χ4n) is 2.28. The normalized spacial score (nSPS) is 21.0. The molecule has 0 spiro atoms. The number of hydrogen-bond donors (Lipinski definition) is 0. The summed E-state index contributed by atoms with van der Waals surface area (Å²) in [5.74, 6) is -0.943. The van der Waals surface area contributed by atoms with Crippen LogP contribution in [0.5, 0.6) is 5.19 Å². The van der Waals surface area contributed by atoms with E-state index in [0.29, 0.717) is 5.19 Å². The Morgan fingerprint density at radius 2 is 2.15 bits per heavy atom. The van der Waals surface area contributed by atoms with E-state index in [0.717, 1.165) is 6.08 Å². The predicted molar refractivity (Wildman–Crippen MR) is 84.7 cm³/mol. The monoisotopic (exact) mass is 415 g/mol. The minimum absolute atomic E-state index is 0.0103. The maximum atomic E-state index is 12.4. The molecule has 1 aliphatic carbocycles. The van der Waals surface area contributed by atoms with Crippen LogP contribution in [0.4, 0.5) is 13.2 Å². The number of rotatable bonds is 7. The van der Waals surface area contributed by atoms with E-state index >= 15 is 0 Å². The summed E-state index contributed by atoms with van der Waals surface area (Å²) in [5, 5.41) is 2.01. The van der Waals surface area contributed by atoms with E-state index in [2.05, 4.69) is 9.17 Å². The molecule has 0 saturated heterocycles. The van der Waals surface area contributed by atoms with Crippen molar-refractivity contribution in [1.82, 2.24) is 4.98 Å². The van der Waals surface area contributed by atoms with Gasteiger partial charge in [-0.1, -0.05) is 11.3 Å². The lowest BCUT2D eigenvalue weighted by molar-refractivity contribution is -0.158. The number of thiazole rings is 1. The van der Waals surface area contributed by atoms with E-state index in [-0.39, 0.29) is 38.2 Å². The summed E-state index contributed by atoms with van der Waals surface area (Å²) in [5.41, 5.74) is -6.67. The van der Waals surface area contributed by atoms with Gasteiger partial charge in [0.15, 0.2) is 0 Å². The van der Waals surface area contributed by atoms with Gasteiger partial charge in [-0.15, -0.1) is 0 Å². The van der Waals surface area contributed by atoms with Gasteiger partial charge in [0.2, 0.25) is 0 Å². The van der Waals surface area contributed by atoms with Gasteiger partial charge in [-0.25, -0.2) is 4.98 Å². The van der Waals surface area contributed by atoms with E-state index in [1.54, 1.807) is 12.3 Å². The number of carbonyl (C=O) groups is 1. The molecule has 1 heterocycles. The van der Waals surface area contributed by atoms with Gasteiger partial charge in [-0.3, -0.25) is 4.79 Å². The lowest BCUT2D eigenvalue weighted by Crippen LogP contribution is -2.40. The van der Waals surface area contributed by atoms with E-state index in [1.165, 1.54) is 17.5 Å². The number of aromatic nitrogens is 1. The fourth-order valence-corrected chi connectivity index (χ4v) is 3.30. The molecule has 1 atom stereocenters. The van der Waals surface area contributed by atoms with E-state index in [9.17, 15) is 26.4 Å². The Hall–Kier alpha value is -1.82. The maximum Gasteiger partial charge on any atom is 0.534 e. The molecule has 2 rings (SSSR count). The quantitative estimate of drug-likeness (QED) is 0.384. The molecule has 0 radical (unpaired) electrons. The molecule has 146 valence electrons. The van der Waals surface area contributed by atoms with Crippen molar-refractivity contribution in [2.45, 2.75) is 31.7 Å². The number of nitrogens with zero attached hydrogens (tertiary/aromatic N) is 1. The SMILES string of the molecule is CCOC(=O)C1(COc2nccs2)CC=C(OS(=O)(=O)C(F)(F)F)CC1. The third-order valence-corrected chi connectivity index (χ3v) is 5.34. The highest BCUT2D eigenvalue weighted by molar-refractivity contribution is 7.87. The van der Waals surface area contributed by atoms with Gasteiger partial charge in [0.1, 0.15) is 17.8 Å². The van der Waals surface area contributed by atoms with Crippen molar-refractivity contribution in [2.24, 2.45) is 5.41 Å². The number of hydrogen-bond acceptors (Lipinski definition) is 8. The highest BCUT2D eigenvalue weighted by atomic mass is 32.2. The van der Waals surface area contributed by atoms with Crippen molar-refractivity contribution < 1.29 is 40.0 Å². The molecule has 1 aliphatic rings. The first-order valence-electron chi connectivity index (χ1n) is 7.49. The van der Waals surface area contributed by atoms with Crippen LogP contribution in [0.3, 0.4) is 0 Å². The molecule has 1 aromatic heterocycles. The molecule has 0 bridgehead atoms. The summed E-state index contributed by atoms with van der Waals surface area (Å²) >= 11 is 1.22. The van der Waals surface area contributed by atoms with Crippen molar-refractivity contribution >= 4 is 27.4 Å². The van der Waals surface area contributed by atoms with Crippen molar-refractivity contribution in [3.05, 3.63) is 23.4 Å². The van der Waals surface area contributed by atoms with Crippen LogP contribution in [0, 0.1) is 5.41 Å². The van der Waals surface area contributed by atoms with Gasteiger partial charge in [0.05, 0.1) is 6.61 Å². The minimum Gasteiger partial charge on any atom is -0.469 e. The van der Waals surface area contributed by atoms with Crippen molar-refractivity contribution in [2.75, 3.05) is 13.2 Å². The third-order valence-electron chi connectivity index (χ3n) is 3.66. The molecule has 0 fully saturated rings. The van der Waals surface area contributed by atoms with Gasteiger partial charge in [0.25, 0.3) is 5.19 Å². The second-order valence-electron chi connectivity index (χ2n) is 5.45. The van der Waals surface area contributed by atoms with E-state index in [1.807, 2.05) is 0 Å². The Morgan fingerprint density at radius 3 is 2.65 bits per heavy atom. The Labute approximate surface area is 151 Å². The van der Waals surface area contributed by atoms with Crippen LogP contribution in [0.25, 0.3) is 0 Å². The predicted octanol–water partition coefficient (Wildman–Crippen LogP) is 3.01. The highest BCUT2D eigenvalue weighted by Gasteiger charge is 2.50. The number of halogens is 3. The van der Waals surface area contributed by atoms with Crippen molar-refractivity contribution in [3.8, 4) is 5.19 Å². The lowest BCUT2D eigenvalue weighted by atomic mass is 9.77. The van der Waals surface area contributed by atoms with E-state index < -0.39 is 27.0 Å². The Morgan fingerprint density at radius 1 is 1.42 bits per heavy atom. The topological polar surface area (TPSA) is 91.8 Å². The number of alkyl halides is 3. The second kappa shape index (κ2) is 7.82. The smallest absolute Gasteiger partial charge is 0.469 e. The van der Waals surface area contributed by atoms with Crippen molar-refractivity contribution in [1.29, 1.82) is 0 Å². The zero-order valence-corrected chi connectivity index (χ0v) is 15.2. The summed E-state index contributed by atoms with van der Waals surface area (Å²) in [6.07, 6.45) is 2.41. The third kappa shape index (κ3) is 4.67. The molecule has 7 nitrogen and oxygen atoms in total. The lowest BCUT2D eigenvalue weighted by Gasteiger charge is -2.33. The van der Waals surface area contributed by atoms with Gasteiger partial charge in [0, 0.05) is 18.0 Å². The summed E-state index contributed by atoms with van der Waals surface area (Å²) in [7, 11) is -5.74. The van der Waals surface area contributed by atoms with E-state index in [4.69, 9.17) is 9.47 Å². The standard InChI is InChI=1S/C14H16F3NO6S2/c1-2-22-11(19)13(9-23-12-18-7-8-25-12)5-3-10(4-6-13)24-26(20,21)14(15,16)17/h3,7-8H,2,4-6,9H2,1H3. The molecular weight excluding hydrogens is 399 g/mol. The van der Waals surface area contributed by atoms with Gasteiger partial charge >= 0.3 is 21.6 Å². The zero-order chi connectivity index (χ0) is 19.4. The molecule has 0 amide bonds. The summed E-state index contributed by atoms with van der Waals surface area (Å²) < 4.78 is 74.1. The average molecular weight is 415 g/mol. The van der Waals surface area contributed by atoms with Crippen LogP contribution in [0.1, 0.15) is 26.2 Å². The number of ether oxygens (including phenoxy) is 2. The average Bonchev–Trinajstić information content (AvgIpc) is 3.07. The van der Waals surface area contributed by atoms with Crippen LogP contribution < -0.4 is 4.74 Å². The maximum absolute atomic E-state index is 12.4. The zero-order valence-electron chi connectivity index (χ0n) is 13.6. The van der Waals surface area contributed by atoms with Crippen LogP contribution in [0.15, 0.2) is 23.4 Å². The second-order valence-corrected chi connectivity index (χ2v) is 7.84. The molecule has 26 heavy (non-hydrogen) atoms. The number of allylic oxidation sites excluding steroid dienone is 2. The molecule has 1 aromatic rings. The Bertz CT molecular complexity index is 760. The number of esters is 1. The molecule has 0 aliphatic heterocycles. The molecule has 0 saturated carbocycles. The summed E-state index contributed by atoms with van der Waals surface area (Å²) in [6.45, 7) is 1.64. The fraction of sp³-hybridized carbons (Fsp3) is 0.571. The first-order chi connectivity index (χ1) is 12.1. The summed E-state index contributed by atoms with van der Waals surface area (Å²) in [6, 6.07) is 0. The van der Waals surface area contributed by atoms with Crippen LogP contribution in [-0.2, 0) is 23.8 Å². The summed E-state index contributed by atoms with van der Waals surface area (Å²) in [4.78, 5) is 16.3. The van der Waals surface area contributed by atoms with Gasteiger partial charge in [-0.2, -0.15) is 21.6 Å². The molecule has 0 aromatic carbocycles. The van der Waals surface area contributed by atoms with Gasteiger partial charge < -0.3 is 13.7 Å². The van der Waals surface area contributed by atoms with Gasteiger partial charge in [-0.05, 0) is 25.8 Å². The number of carbonyl (C=O) groups excluding carboxylic acids is 1. The van der Waals surface area contributed by atoms with Crippen LogP contribution in [0.2, 0.25) is 0 Å².